The van der Waals surface area contributed by atoms with E-state index in [2.05, 4.69) is 4.98 Å². The highest BCUT2D eigenvalue weighted by Crippen LogP contribution is 2.28. The minimum atomic E-state index is -4.70. The van der Waals surface area contributed by atoms with E-state index in [1.54, 1.807) is 24.3 Å². The van der Waals surface area contributed by atoms with Gasteiger partial charge in [0.1, 0.15) is 15.9 Å². The molecule has 0 spiro atoms. The van der Waals surface area contributed by atoms with Crippen LogP contribution in [0.5, 0.6) is 0 Å². The second kappa shape index (κ2) is 7.00. The number of carboxylic acid groups (broad SMARTS) is 1. The summed E-state index contributed by atoms with van der Waals surface area (Å²) in [5, 5.41) is 11.3. The van der Waals surface area contributed by atoms with Gasteiger partial charge in [-0.2, -0.15) is 13.2 Å². The second-order valence-corrected chi connectivity index (χ2v) is 5.98. The quantitative estimate of drug-likeness (QED) is 0.860. The molecule has 2 aromatic rings. The summed E-state index contributed by atoms with van der Waals surface area (Å²) >= 11 is 0.995. The second-order valence-electron chi connectivity index (χ2n) is 4.98. The molecule has 24 heavy (non-hydrogen) atoms. The lowest BCUT2D eigenvalue weighted by Gasteiger charge is -2.15. The van der Waals surface area contributed by atoms with Gasteiger partial charge in [-0.1, -0.05) is 30.3 Å². The van der Waals surface area contributed by atoms with Crippen LogP contribution in [0, 0.1) is 6.92 Å². The van der Waals surface area contributed by atoms with E-state index < -0.39 is 30.5 Å². The number of carbonyl (C=O) groups is 2. The average molecular weight is 358 g/mol. The lowest BCUT2D eigenvalue weighted by Crippen LogP contribution is -2.43. The number of thiazole rings is 1. The zero-order chi connectivity index (χ0) is 17.9. The SMILES string of the molecule is Cc1nc(-c2ccccc2)sc1C(=O)NC(CC(F)(F)F)C(=O)O. The van der Waals surface area contributed by atoms with Gasteiger partial charge in [-0.25, -0.2) is 9.78 Å². The number of hydrogen-bond acceptors (Lipinski definition) is 4. The Morgan fingerprint density at radius 3 is 2.46 bits per heavy atom. The van der Waals surface area contributed by atoms with Crippen LogP contribution in [0.15, 0.2) is 30.3 Å². The minimum absolute atomic E-state index is 0.0854. The van der Waals surface area contributed by atoms with Gasteiger partial charge < -0.3 is 10.4 Å². The molecule has 2 rings (SSSR count). The number of benzene rings is 1. The number of amides is 1. The molecule has 1 heterocycles. The van der Waals surface area contributed by atoms with Crippen LogP contribution in [0.1, 0.15) is 21.8 Å². The summed E-state index contributed by atoms with van der Waals surface area (Å²) in [7, 11) is 0. The Bertz CT molecular complexity index is 744. The summed E-state index contributed by atoms with van der Waals surface area (Å²) in [6.07, 6.45) is -6.34. The van der Waals surface area contributed by atoms with E-state index in [-0.39, 0.29) is 4.88 Å². The van der Waals surface area contributed by atoms with Crippen molar-refractivity contribution in [2.75, 3.05) is 0 Å². The highest BCUT2D eigenvalue weighted by molar-refractivity contribution is 7.17. The van der Waals surface area contributed by atoms with Crippen LogP contribution in [-0.4, -0.2) is 34.2 Å². The van der Waals surface area contributed by atoms with Crippen molar-refractivity contribution in [3.05, 3.63) is 40.9 Å². The highest BCUT2D eigenvalue weighted by Gasteiger charge is 2.36. The molecule has 128 valence electrons. The first kappa shape index (κ1) is 17.9. The molecule has 1 amide bonds. The van der Waals surface area contributed by atoms with Gasteiger partial charge in [0.15, 0.2) is 0 Å². The number of halogens is 3. The van der Waals surface area contributed by atoms with Gasteiger partial charge in [0.05, 0.1) is 12.1 Å². The van der Waals surface area contributed by atoms with Crippen LogP contribution >= 0.6 is 11.3 Å². The molecule has 0 radical (unpaired) electrons. The number of rotatable bonds is 5. The lowest BCUT2D eigenvalue weighted by atomic mass is 10.2. The third kappa shape index (κ3) is 4.54. The number of aliphatic carboxylic acids is 1. The number of carboxylic acids is 1. The molecule has 0 fully saturated rings. The normalized spacial score (nSPS) is 12.7. The van der Waals surface area contributed by atoms with Crippen molar-refractivity contribution >= 4 is 23.2 Å². The molecule has 1 unspecified atom stereocenters. The Balaban J connectivity index is 2.20. The van der Waals surface area contributed by atoms with Crippen molar-refractivity contribution in [2.24, 2.45) is 0 Å². The van der Waals surface area contributed by atoms with E-state index in [0.717, 1.165) is 16.9 Å². The van der Waals surface area contributed by atoms with E-state index in [1.165, 1.54) is 6.92 Å². The maximum Gasteiger partial charge on any atom is 0.391 e. The first-order valence-electron chi connectivity index (χ1n) is 6.80. The van der Waals surface area contributed by atoms with Gasteiger partial charge >= 0.3 is 12.1 Å². The number of nitrogens with zero attached hydrogens (tertiary/aromatic N) is 1. The van der Waals surface area contributed by atoms with Gasteiger partial charge in [0, 0.05) is 5.56 Å². The van der Waals surface area contributed by atoms with Crippen LogP contribution in [0.4, 0.5) is 13.2 Å². The van der Waals surface area contributed by atoms with Gasteiger partial charge in [0.2, 0.25) is 0 Å². The molecule has 0 aliphatic rings. The smallest absolute Gasteiger partial charge is 0.391 e. The fraction of sp³-hybridized carbons (Fsp3) is 0.267. The number of aryl methyl sites for hydroxylation is 1. The van der Waals surface area contributed by atoms with Crippen molar-refractivity contribution in [1.29, 1.82) is 0 Å². The van der Waals surface area contributed by atoms with Gasteiger partial charge in [0.25, 0.3) is 5.91 Å². The molecule has 1 aromatic heterocycles. The number of carbonyl (C=O) groups excluding carboxylic acids is 1. The maximum absolute atomic E-state index is 12.4. The van der Waals surface area contributed by atoms with Crippen LogP contribution in [0.2, 0.25) is 0 Å². The Labute approximate surface area is 139 Å². The van der Waals surface area contributed by atoms with E-state index in [9.17, 15) is 22.8 Å². The molecule has 0 saturated carbocycles. The molecule has 0 bridgehead atoms. The number of aromatic nitrogens is 1. The van der Waals surface area contributed by atoms with Crippen LogP contribution in [-0.2, 0) is 4.79 Å². The fourth-order valence-electron chi connectivity index (χ4n) is 1.97. The van der Waals surface area contributed by atoms with Gasteiger partial charge in [-0.15, -0.1) is 11.3 Å². The maximum atomic E-state index is 12.4. The molecule has 1 aromatic carbocycles. The lowest BCUT2D eigenvalue weighted by molar-refractivity contribution is -0.157. The Kier molecular flexibility index (Phi) is 5.23. The first-order chi connectivity index (χ1) is 11.2. The molecule has 9 heteroatoms. The average Bonchev–Trinajstić information content (AvgIpc) is 2.88. The standard InChI is InChI=1S/C15H13F3N2O3S/c1-8-11(24-13(19-8)9-5-3-2-4-6-9)12(21)20-10(14(22)23)7-15(16,17)18/h2-6,10H,7H2,1H3,(H,20,21)(H,22,23). The fourth-order valence-corrected chi connectivity index (χ4v) is 2.94. The van der Waals surface area contributed by atoms with Crippen molar-refractivity contribution < 1.29 is 27.9 Å². The summed E-state index contributed by atoms with van der Waals surface area (Å²) in [5.41, 5.74) is 1.09. The number of nitrogens with one attached hydrogen (secondary N) is 1. The summed E-state index contributed by atoms with van der Waals surface area (Å²) in [6.45, 7) is 1.54. The molecule has 0 saturated heterocycles. The van der Waals surface area contributed by atoms with Crippen LogP contribution in [0.3, 0.4) is 0 Å². The number of alkyl halides is 3. The zero-order valence-corrected chi connectivity index (χ0v) is 13.2. The zero-order valence-electron chi connectivity index (χ0n) is 12.4. The molecule has 0 aliphatic carbocycles. The third-order valence-corrected chi connectivity index (χ3v) is 4.27. The van der Waals surface area contributed by atoms with Crippen LogP contribution < -0.4 is 5.32 Å². The largest absolute Gasteiger partial charge is 0.480 e. The van der Waals surface area contributed by atoms with E-state index >= 15 is 0 Å². The van der Waals surface area contributed by atoms with E-state index in [1.807, 2.05) is 11.4 Å². The van der Waals surface area contributed by atoms with E-state index in [4.69, 9.17) is 5.11 Å². The van der Waals surface area contributed by atoms with Crippen LogP contribution in [0.25, 0.3) is 10.6 Å². The highest BCUT2D eigenvalue weighted by atomic mass is 32.1. The summed E-state index contributed by atoms with van der Waals surface area (Å²) in [4.78, 5) is 27.4. The Morgan fingerprint density at radius 1 is 1.29 bits per heavy atom. The molecule has 5 nitrogen and oxygen atoms in total. The third-order valence-electron chi connectivity index (χ3n) is 3.06. The van der Waals surface area contributed by atoms with Crippen molar-refractivity contribution in [1.82, 2.24) is 10.3 Å². The first-order valence-corrected chi connectivity index (χ1v) is 7.62. The molecular weight excluding hydrogens is 345 g/mol. The molecule has 0 aliphatic heterocycles. The topological polar surface area (TPSA) is 79.3 Å². The number of hydrogen-bond donors (Lipinski definition) is 2. The summed E-state index contributed by atoms with van der Waals surface area (Å²) in [6, 6.07) is 6.91. The summed E-state index contributed by atoms with van der Waals surface area (Å²) < 4.78 is 37.2. The van der Waals surface area contributed by atoms with E-state index in [0.29, 0.717) is 10.7 Å². The monoisotopic (exact) mass is 358 g/mol. The van der Waals surface area contributed by atoms with Gasteiger partial charge in [-0.05, 0) is 6.92 Å². The van der Waals surface area contributed by atoms with Crippen molar-refractivity contribution in [2.45, 2.75) is 25.6 Å². The molecule has 1 atom stereocenters. The van der Waals surface area contributed by atoms with Gasteiger partial charge in [-0.3, -0.25) is 4.79 Å². The molecular formula is C15H13F3N2O3S. The predicted octanol–water partition coefficient (Wildman–Crippen LogP) is 3.25. The van der Waals surface area contributed by atoms with Crippen molar-refractivity contribution in [3.63, 3.8) is 0 Å². The predicted molar refractivity (Wildman–Crippen MR) is 81.8 cm³/mol. The van der Waals surface area contributed by atoms with Crippen molar-refractivity contribution in [3.8, 4) is 10.6 Å². The Morgan fingerprint density at radius 2 is 1.92 bits per heavy atom. The molecule has 2 N–H and O–H groups in total. The Hall–Kier alpha value is -2.42. The minimum Gasteiger partial charge on any atom is -0.480 e. The summed E-state index contributed by atoms with van der Waals surface area (Å²) in [5.74, 6) is -2.63.